The summed E-state index contributed by atoms with van der Waals surface area (Å²) in [5, 5.41) is 8.06. The van der Waals surface area contributed by atoms with E-state index in [-0.39, 0.29) is 18.2 Å². The molecule has 3 heterocycles. The Balaban J connectivity index is 1.54. The van der Waals surface area contributed by atoms with Crippen LogP contribution in [-0.2, 0) is 23.3 Å². The summed E-state index contributed by atoms with van der Waals surface area (Å²) in [4.78, 5) is 16.9. The zero-order chi connectivity index (χ0) is 26.6. The topological polar surface area (TPSA) is 83.2 Å². The number of pyridine rings is 1. The molecule has 1 aliphatic carbocycles. The van der Waals surface area contributed by atoms with E-state index in [1.54, 1.807) is 10.9 Å². The third-order valence-electron chi connectivity index (χ3n) is 6.65. The maximum Gasteiger partial charge on any atom is 0.407 e. The van der Waals surface area contributed by atoms with Crippen molar-refractivity contribution in [2.75, 3.05) is 6.61 Å². The Morgan fingerprint density at radius 3 is 2.70 bits per heavy atom. The monoisotopic (exact) mass is 521 g/mol. The van der Waals surface area contributed by atoms with E-state index in [4.69, 9.17) is 14.5 Å². The van der Waals surface area contributed by atoms with E-state index in [2.05, 4.69) is 58.6 Å². The number of hydrogen-bond donors (Lipinski definition) is 1. The van der Waals surface area contributed by atoms with Gasteiger partial charge in [0.1, 0.15) is 24.2 Å². The molecule has 2 atom stereocenters. The van der Waals surface area contributed by atoms with Crippen LogP contribution < -0.4 is 5.32 Å². The molecular formula is C28H39N5O3Si. The summed E-state index contributed by atoms with van der Waals surface area (Å²) in [6, 6.07) is 7.38. The highest BCUT2D eigenvalue weighted by molar-refractivity contribution is 6.76. The number of rotatable bonds is 8. The lowest BCUT2D eigenvalue weighted by Crippen LogP contribution is -2.33. The summed E-state index contributed by atoms with van der Waals surface area (Å²) in [7, 11) is 0.713. The van der Waals surface area contributed by atoms with Gasteiger partial charge >= 0.3 is 6.09 Å². The molecule has 0 saturated heterocycles. The Labute approximate surface area is 220 Å². The summed E-state index contributed by atoms with van der Waals surface area (Å²) >= 11 is 0. The molecule has 9 heteroatoms. The number of fused-ring (bicyclic) bond motifs is 1. The molecule has 3 aromatic heterocycles. The van der Waals surface area contributed by atoms with Gasteiger partial charge in [0.25, 0.3) is 0 Å². The van der Waals surface area contributed by atoms with E-state index < -0.39 is 8.07 Å². The lowest BCUT2D eigenvalue weighted by atomic mass is 9.99. The fraction of sp³-hybridized carbons (Fsp3) is 0.536. The first-order chi connectivity index (χ1) is 17.6. The zero-order valence-corrected chi connectivity index (χ0v) is 23.9. The molecule has 4 rings (SSSR count). The SMILES string of the molecule is CC(C)NC(=O)O[C@@H]1CC[C@H](c2cnc3c(c2)cc(C#Cc2ccnn2C)n3COCC[Si](C)(C)C)C1. The Bertz CT molecular complexity index is 1290. The van der Waals surface area contributed by atoms with Crippen molar-refractivity contribution in [3.8, 4) is 11.8 Å². The van der Waals surface area contributed by atoms with Gasteiger partial charge in [0.15, 0.2) is 0 Å². The lowest BCUT2D eigenvalue weighted by Gasteiger charge is -2.16. The van der Waals surface area contributed by atoms with Crippen molar-refractivity contribution in [3.63, 3.8) is 0 Å². The van der Waals surface area contributed by atoms with E-state index in [9.17, 15) is 4.79 Å². The number of ether oxygens (including phenoxy) is 2. The first-order valence-electron chi connectivity index (χ1n) is 13.1. The van der Waals surface area contributed by atoms with Crippen LogP contribution in [0.5, 0.6) is 0 Å². The molecule has 1 N–H and O–H groups in total. The molecule has 0 unspecified atom stereocenters. The first kappa shape index (κ1) is 27.0. The fourth-order valence-corrected chi connectivity index (χ4v) is 5.31. The molecule has 1 fully saturated rings. The van der Waals surface area contributed by atoms with Gasteiger partial charge in [-0.3, -0.25) is 9.25 Å². The van der Waals surface area contributed by atoms with Gasteiger partial charge in [-0.25, -0.2) is 9.78 Å². The smallest absolute Gasteiger partial charge is 0.407 e. The van der Waals surface area contributed by atoms with Crippen LogP contribution in [0.2, 0.25) is 25.7 Å². The van der Waals surface area contributed by atoms with E-state index in [1.165, 1.54) is 5.56 Å². The number of carbonyl (C=O) groups is 1. The van der Waals surface area contributed by atoms with Gasteiger partial charge in [0.05, 0.1) is 11.9 Å². The molecule has 1 amide bonds. The molecule has 0 spiro atoms. The van der Waals surface area contributed by atoms with Gasteiger partial charge in [-0.1, -0.05) is 19.6 Å². The predicted octanol–water partition coefficient (Wildman–Crippen LogP) is 5.25. The summed E-state index contributed by atoms with van der Waals surface area (Å²) < 4.78 is 15.5. The average Bonchev–Trinajstić information content (AvgIpc) is 3.52. The van der Waals surface area contributed by atoms with Crippen LogP contribution >= 0.6 is 0 Å². The quantitative estimate of drug-likeness (QED) is 0.249. The highest BCUT2D eigenvalue weighted by Gasteiger charge is 2.29. The minimum Gasteiger partial charge on any atom is -0.446 e. The Hall–Kier alpha value is -3.09. The fourth-order valence-electron chi connectivity index (χ4n) is 4.55. The first-order valence-corrected chi connectivity index (χ1v) is 16.8. The number of hydrogen-bond acceptors (Lipinski definition) is 5. The third-order valence-corrected chi connectivity index (χ3v) is 8.35. The molecule has 0 aromatic carbocycles. The van der Waals surface area contributed by atoms with Gasteiger partial charge in [-0.15, -0.1) is 0 Å². The molecule has 37 heavy (non-hydrogen) atoms. The highest BCUT2D eigenvalue weighted by atomic mass is 28.3. The van der Waals surface area contributed by atoms with Crippen LogP contribution in [0, 0.1) is 11.8 Å². The predicted molar refractivity (Wildman–Crippen MR) is 148 cm³/mol. The summed E-state index contributed by atoms with van der Waals surface area (Å²) in [5.41, 5.74) is 3.76. The van der Waals surface area contributed by atoms with Gasteiger partial charge < -0.3 is 14.8 Å². The lowest BCUT2D eigenvalue weighted by molar-refractivity contribution is 0.0894. The van der Waals surface area contributed by atoms with Crippen LogP contribution in [0.1, 0.15) is 56.0 Å². The van der Waals surface area contributed by atoms with E-state index in [1.807, 2.05) is 33.2 Å². The van der Waals surface area contributed by atoms with Crippen molar-refractivity contribution < 1.29 is 14.3 Å². The minimum atomic E-state index is -1.17. The standard InChI is InChI=1S/C28H39N5O3Si/c1-20(2)31-28(34)36-26-10-7-21(17-26)23-15-22-16-25(9-8-24-11-12-30-32(24)3)33(27(22)29-18-23)19-35-13-14-37(4,5)6/h11-12,15-16,18,20-21,26H,7,10,13-14,17,19H2,1-6H3,(H,31,34)/t21-,26+/m0/s1. The molecule has 1 aliphatic rings. The molecular weight excluding hydrogens is 482 g/mol. The maximum absolute atomic E-state index is 12.0. The molecule has 0 aliphatic heterocycles. The summed E-state index contributed by atoms with van der Waals surface area (Å²) in [5.74, 6) is 6.86. The van der Waals surface area contributed by atoms with Gasteiger partial charge in [0.2, 0.25) is 0 Å². The van der Waals surface area contributed by atoms with Crippen LogP contribution in [0.25, 0.3) is 11.0 Å². The van der Waals surface area contributed by atoms with E-state index in [0.29, 0.717) is 12.6 Å². The Kier molecular flexibility index (Phi) is 8.40. The molecule has 3 aromatic rings. The summed E-state index contributed by atoms with van der Waals surface area (Å²) in [6.45, 7) is 12.1. The van der Waals surface area contributed by atoms with Crippen LogP contribution in [0.3, 0.4) is 0 Å². The van der Waals surface area contributed by atoms with Gasteiger partial charge in [-0.05, 0) is 80.7 Å². The summed E-state index contributed by atoms with van der Waals surface area (Å²) in [6.07, 6.45) is 5.95. The average molecular weight is 522 g/mol. The number of nitrogens with one attached hydrogen (secondary N) is 1. The van der Waals surface area contributed by atoms with Crippen LogP contribution in [0.4, 0.5) is 4.79 Å². The Morgan fingerprint density at radius 2 is 2.00 bits per heavy atom. The van der Waals surface area contributed by atoms with Gasteiger partial charge in [0, 0.05) is 39.4 Å². The van der Waals surface area contributed by atoms with E-state index in [0.717, 1.165) is 54.3 Å². The van der Waals surface area contributed by atoms with Crippen molar-refractivity contribution in [1.82, 2.24) is 24.6 Å². The molecule has 1 saturated carbocycles. The van der Waals surface area contributed by atoms with Crippen LogP contribution in [-0.4, -0.2) is 52.3 Å². The van der Waals surface area contributed by atoms with Crippen molar-refractivity contribution in [2.45, 2.75) is 83.6 Å². The number of aromatic nitrogens is 4. The van der Waals surface area contributed by atoms with Crippen molar-refractivity contribution >= 4 is 25.2 Å². The molecule has 198 valence electrons. The third kappa shape index (κ3) is 7.24. The maximum atomic E-state index is 12.0. The normalized spacial score (nSPS) is 17.7. The van der Waals surface area contributed by atoms with Crippen molar-refractivity contribution in [2.24, 2.45) is 7.05 Å². The van der Waals surface area contributed by atoms with Crippen molar-refractivity contribution in [1.29, 1.82) is 0 Å². The zero-order valence-electron chi connectivity index (χ0n) is 22.9. The largest absolute Gasteiger partial charge is 0.446 e. The highest BCUT2D eigenvalue weighted by Crippen LogP contribution is 2.37. The Morgan fingerprint density at radius 1 is 1.22 bits per heavy atom. The molecule has 0 radical (unpaired) electrons. The number of aryl methyl sites for hydroxylation is 1. The number of amides is 1. The van der Waals surface area contributed by atoms with Gasteiger partial charge in [-0.2, -0.15) is 5.10 Å². The second-order valence-electron chi connectivity index (χ2n) is 11.4. The number of alkyl carbamates (subject to hydrolysis) is 1. The minimum absolute atomic E-state index is 0.0649. The van der Waals surface area contributed by atoms with E-state index >= 15 is 0 Å². The number of carbonyl (C=O) groups excluding carboxylic acids is 1. The molecule has 0 bridgehead atoms. The van der Waals surface area contributed by atoms with Crippen LogP contribution in [0.15, 0.2) is 30.6 Å². The molecule has 8 nitrogen and oxygen atoms in total. The second kappa shape index (κ2) is 11.5. The second-order valence-corrected chi connectivity index (χ2v) is 17.0. The van der Waals surface area contributed by atoms with Crippen molar-refractivity contribution in [3.05, 3.63) is 47.5 Å². The number of nitrogens with zero attached hydrogens (tertiary/aromatic N) is 4.